The highest BCUT2D eigenvalue weighted by atomic mass is 16.2. The van der Waals surface area contributed by atoms with Gasteiger partial charge in [-0.3, -0.25) is 9.59 Å². The highest BCUT2D eigenvalue weighted by Gasteiger charge is 2.39. The van der Waals surface area contributed by atoms with Gasteiger partial charge in [-0.05, 0) is 48.7 Å². The maximum Gasteiger partial charge on any atom is 0.251 e. The summed E-state index contributed by atoms with van der Waals surface area (Å²) >= 11 is 0. The number of carbonyl (C=O) groups excluding carboxylic acids is 2. The van der Waals surface area contributed by atoms with Gasteiger partial charge in [0, 0.05) is 23.4 Å². The predicted molar refractivity (Wildman–Crippen MR) is 97.4 cm³/mol. The van der Waals surface area contributed by atoms with E-state index in [0.717, 1.165) is 11.9 Å². The van der Waals surface area contributed by atoms with Gasteiger partial charge in [-0.25, -0.2) is 9.97 Å². The Morgan fingerprint density at radius 3 is 2.69 bits per heavy atom. The number of hydrogen-bond donors (Lipinski definition) is 3. The summed E-state index contributed by atoms with van der Waals surface area (Å²) in [5, 5.41) is 5.70. The maximum absolute atomic E-state index is 12.3. The van der Waals surface area contributed by atoms with Crippen molar-refractivity contribution in [3.05, 3.63) is 54.0 Å². The number of H-pyrrole nitrogens is 1. The van der Waals surface area contributed by atoms with Gasteiger partial charge >= 0.3 is 0 Å². The molecular formula is C19H19N5O2. The number of aromatic amines is 1. The van der Waals surface area contributed by atoms with Crippen LogP contribution in [0.15, 0.2) is 42.6 Å². The van der Waals surface area contributed by atoms with Crippen LogP contribution in [0.4, 0.5) is 5.69 Å². The number of nitrogens with one attached hydrogen (secondary N) is 3. The van der Waals surface area contributed by atoms with Crippen molar-refractivity contribution in [1.82, 2.24) is 20.3 Å². The van der Waals surface area contributed by atoms with Gasteiger partial charge in [0.25, 0.3) is 5.91 Å². The van der Waals surface area contributed by atoms with E-state index in [1.165, 1.54) is 0 Å². The van der Waals surface area contributed by atoms with Gasteiger partial charge in [0.2, 0.25) is 5.91 Å². The first-order chi connectivity index (χ1) is 12.6. The SMILES string of the molecule is CC1CC1C(=O)Nc1ccc(C(=O)NCc2nc3ncccc3[nH]2)cc1. The van der Waals surface area contributed by atoms with Crippen LogP contribution in [0, 0.1) is 11.8 Å². The van der Waals surface area contributed by atoms with E-state index in [-0.39, 0.29) is 24.3 Å². The number of pyridine rings is 1. The molecule has 3 N–H and O–H groups in total. The van der Waals surface area contributed by atoms with Crippen LogP contribution < -0.4 is 10.6 Å². The van der Waals surface area contributed by atoms with Crippen LogP contribution >= 0.6 is 0 Å². The largest absolute Gasteiger partial charge is 0.345 e. The van der Waals surface area contributed by atoms with E-state index in [4.69, 9.17) is 0 Å². The molecular weight excluding hydrogens is 330 g/mol. The fourth-order valence-corrected chi connectivity index (χ4v) is 2.87. The molecule has 2 amide bonds. The fraction of sp³-hybridized carbons (Fsp3) is 0.263. The number of nitrogens with zero attached hydrogens (tertiary/aromatic N) is 2. The lowest BCUT2D eigenvalue weighted by atomic mass is 10.2. The summed E-state index contributed by atoms with van der Waals surface area (Å²) in [5.41, 5.74) is 2.69. The molecule has 2 atom stereocenters. The van der Waals surface area contributed by atoms with Crippen molar-refractivity contribution >= 4 is 28.7 Å². The van der Waals surface area contributed by atoms with E-state index < -0.39 is 0 Å². The van der Waals surface area contributed by atoms with Crippen LogP contribution in [-0.4, -0.2) is 26.8 Å². The third-order valence-corrected chi connectivity index (χ3v) is 4.58. The predicted octanol–water partition coefficient (Wildman–Crippen LogP) is 2.48. The summed E-state index contributed by atoms with van der Waals surface area (Å²) in [6, 6.07) is 10.6. The number of benzene rings is 1. The van der Waals surface area contributed by atoms with Crippen LogP contribution in [-0.2, 0) is 11.3 Å². The molecule has 1 fully saturated rings. The summed E-state index contributed by atoms with van der Waals surface area (Å²) < 4.78 is 0. The molecule has 1 aliphatic rings. The van der Waals surface area contributed by atoms with Crippen molar-refractivity contribution in [2.75, 3.05) is 5.32 Å². The highest BCUT2D eigenvalue weighted by molar-refractivity contribution is 5.97. The first-order valence-corrected chi connectivity index (χ1v) is 8.59. The minimum Gasteiger partial charge on any atom is -0.345 e. The minimum atomic E-state index is -0.202. The van der Waals surface area contributed by atoms with Gasteiger partial charge in [0.1, 0.15) is 5.82 Å². The number of rotatable bonds is 5. The molecule has 132 valence electrons. The molecule has 0 aliphatic heterocycles. The quantitative estimate of drug-likeness (QED) is 0.659. The third-order valence-electron chi connectivity index (χ3n) is 4.58. The first kappa shape index (κ1) is 16.3. The number of aromatic nitrogens is 3. The van der Waals surface area contributed by atoms with Crippen LogP contribution in [0.5, 0.6) is 0 Å². The van der Waals surface area contributed by atoms with Gasteiger partial charge in [0.05, 0.1) is 12.1 Å². The average Bonchev–Trinajstić information content (AvgIpc) is 3.24. The van der Waals surface area contributed by atoms with Crippen LogP contribution in [0.3, 0.4) is 0 Å². The van der Waals surface area contributed by atoms with E-state index in [1.807, 2.05) is 12.1 Å². The molecule has 0 bridgehead atoms. The lowest BCUT2D eigenvalue weighted by molar-refractivity contribution is -0.117. The molecule has 1 aromatic carbocycles. The molecule has 7 nitrogen and oxygen atoms in total. The van der Waals surface area contributed by atoms with Gasteiger partial charge in [-0.1, -0.05) is 6.92 Å². The summed E-state index contributed by atoms with van der Waals surface area (Å²) in [6.45, 7) is 2.35. The molecule has 0 spiro atoms. The highest BCUT2D eigenvalue weighted by Crippen LogP contribution is 2.38. The van der Waals surface area contributed by atoms with Gasteiger partial charge in [-0.15, -0.1) is 0 Å². The standard InChI is InChI=1S/C19H19N5O2/c1-11-9-14(11)19(26)22-13-6-4-12(5-7-13)18(25)21-10-16-23-15-3-2-8-20-17(15)24-16/h2-8,11,14H,9-10H2,1H3,(H,21,25)(H,22,26)(H,20,23,24). The molecule has 0 saturated heterocycles. The second-order valence-corrected chi connectivity index (χ2v) is 6.63. The number of imidazole rings is 1. The van der Waals surface area contributed by atoms with E-state index in [2.05, 4.69) is 32.5 Å². The molecule has 0 radical (unpaired) electrons. The molecule has 2 unspecified atom stereocenters. The van der Waals surface area contributed by atoms with Crippen molar-refractivity contribution in [2.24, 2.45) is 11.8 Å². The zero-order valence-electron chi connectivity index (χ0n) is 14.3. The second-order valence-electron chi connectivity index (χ2n) is 6.63. The molecule has 4 rings (SSSR count). The Morgan fingerprint density at radius 2 is 2.00 bits per heavy atom. The minimum absolute atomic E-state index is 0.0493. The Hall–Kier alpha value is -3.22. The van der Waals surface area contributed by atoms with Gasteiger partial charge in [0.15, 0.2) is 5.65 Å². The molecule has 1 saturated carbocycles. The Bertz CT molecular complexity index is 930. The van der Waals surface area contributed by atoms with Crippen LogP contribution in [0.25, 0.3) is 11.2 Å². The van der Waals surface area contributed by atoms with Crippen molar-refractivity contribution in [1.29, 1.82) is 0 Å². The number of carbonyl (C=O) groups is 2. The van der Waals surface area contributed by atoms with Crippen molar-refractivity contribution in [3.8, 4) is 0 Å². The maximum atomic E-state index is 12.3. The van der Waals surface area contributed by atoms with Crippen molar-refractivity contribution in [2.45, 2.75) is 19.9 Å². The first-order valence-electron chi connectivity index (χ1n) is 8.59. The Morgan fingerprint density at radius 1 is 1.23 bits per heavy atom. The van der Waals surface area contributed by atoms with Gasteiger partial charge < -0.3 is 15.6 Å². The van der Waals surface area contributed by atoms with Crippen molar-refractivity contribution in [3.63, 3.8) is 0 Å². The molecule has 1 aliphatic carbocycles. The molecule has 2 aromatic heterocycles. The molecule has 3 aromatic rings. The zero-order valence-corrected chi connectivity index (χ0v) is 14.3. The number of hydrogen-bond acceptors (Lipinski definition) is 4. The normalized spacial score (nSPS) is 18.5. The monoisotopic (exact) mass is 349 g/mol. The number of fused-ring (bicyclic) bond motifs is 1. The van der Waals surface area contributed by atoms with E-state index in [9.17, 15) is 9.59 Å². The third kappa shape index (κ3) is 3.42. The topological polar surface area (TPSA) is 99.8 Å². The van der Waals surface area contributed by atoms with E-state index in [1.54, 1.807) is 30.5 Å². The smallest absolute Gasteiger partial charge is 0.251 e. The lowest BCUT2D eigenvalue weighted by Crippen LogP contribution is -2.23. The molecule has 2 heterocycles. The molecule has 7 heteroatoms. The van der Waals surface area contributed by atoms with E-state index >= 15 is 0 Å². The lowest BCUT2D eigenvalue weighted by Gasteiger charge is -2.07. The average molecular weight is 349 g/mol. The fourth-order valence-electron chi connectivity index (χ4n) is 2.87. The van der Waals surface area contributed by atoms with E-state index in [0.29, 0.717) is 28.6 Å². The molecule has 26 heavy (non-hydrogen) atoms. The van der Waals surface area contributed by atoms with Gasteiger partial charge in [-0.2, -0.15) is 0 Å². The summed E-state index contributed by atoms with van der Waals surface area (Å²) in [6.07, 6.45) is 2.62. The Balaban J connectivity index is 1.34. The number of amides is 2. The summed E-state index contributed by atoms with van der Waals surface area (Å²) in [4.78, 5) is 35.8. The zero-order chi connectivity index (χ0) is 18.1. The Kier molecular flexibility index (Phi) is 4.12. The number of anilines is 1. The van der Waals surface area contributed by atoms with Crippen LogP contribution in [0.2, 0.25) is 0 Å². The Labute approximate surface area is 150 Å². The summed E-state index contributed by atoms with van der Waals surface area (Å²) in [5.74, 6) is 1.08. The second kappa shape index (κ2) is 6.59. The van der Waals surface area contributed by atoms with Crippen molar-refractivity contribution < 1.29 is 9.59 Å². The van der Waals surface area contributed by atoms with Crippen LogP contribution in [0.1, 0.15) is 29.5 Å². The summed E-state index contributed by atoms with van der Waals surface area (Å²) in [7, 11) is 0.